The van der Waals surface area contributed by atoms with Gasteiger partial charge in [0.05, 0.1) is 5.60 Å². The minimum absolute atomic E-state index is 0.597. The standard InChI is InChI=1S/C11H16BrNO/c1-11(2,14)8-13-7-9-4-3-5-10(12)6-9/h3-6,13-14H,7-8H2,1-2H3. The van der Waals surface area contributed by atoms with Gasteiger partial charge in [-0.2, -0.15) is 0 Å². The summed E-state index contributed by atoms with van der Waals surface area (Å²) in [4.78, 5) is 0. The summed E-state index contributed by atoms with van der Waals surface area (Å²) in [7, 11) is 0. The van der Waals surface area contributed by atoms with Crippen molar-refractivity contribution in [1.82, 2.24) is 5.32 Å². The Morgan fingerprint density at radius 2 is 2.14 bits per heavy atom. The average molecular weight is 258 g/mol. The van der Waals surface area contributed by atoms with Crippen LogP contribution in [-0.4, -0.2) is 17.3 Å². The Balaban J connectivity index is 2.39. The molecular formula is C11H16BrNO. The van der Waals surface area contributed by atoms with Gasteiger partial charge in [0.15, 0.2) is 0 Å². The quantitative estimate of drug-likeness (QED) is 0.868. The zero-order valence-electron chi connectivity index (χ0n) is 8.55. The van der Waals surface area contributed by atoms with Gasteiger partial charge in [-0.05, 0) is 31.5 Å². The minimum Gasteiger partial charge on any atom is -0.389 e. The van der Waals surface area contributed by atoms with E-state index < -0.39 is 5.60 Å². The van der Waals surface area contributed by atoms with Crippen LogP contribution in [-0.2, 0) is 6.54 Å². The summed E-state index contributed by atoms with van der Waals surface area (Å²) in [5.41, 5.74) is 0.565. The number of benzene rings is 1. The molecule has 1 rings (SSSR count). The van der Waals surface area contributed by atoms with Gasteiger partial charge in [0.1, 0.15) is 0 Å². The molecule has 0 bridgehead atoms. The third-order valence-electron chi connectivity index (χ3n) is 1.78. The van der Waals surface area contributed by atoms with Gasteiger partial charge in [0.2, 0.25) is 0 Å². The summed E-state index contributed by atoms with van der Waals surface area (Å²) in [6.45, 7) is 4.96. The monoisotopic (exact) mass is 257 g/mol. The van der Waals surface area contributed by atoms with E-state index in [1.165, 1.54) is 5.56 Å². The van der Waals surface area contributed by atoms with E-state index in [1.54, 1.807) is 13.8 Å². The van der Waals surface area contributed by atoms with Crippen molar-refractivity contribution in [2.24, 2.45) is 0 Å². The van der Waals surface area contributed by atoms with Crippen LogP contribution in [0, 0.1) is 0 Å². The highest BCUT2D eigenvalue weighted by Crippen LogP contribution is 2.11. The molecule has 0 radical (unpaired) electrons. The number of aliphatic hydroxyl groups is 1. The van der Waals surface area contributed by atoms with Crippen LogP contribution in [0.1, 0.15) is 19.4 Å². The number of nitrogens with one attached hydrogen (secondary N) is 1. The third-order valence-corrected chi connectivity index (χ3v) is 2.27. The highest BCUT2D eigenvalue weighted by molar-refractivity contribution is 9.10. The molecule has 1 aromatic rings. The van der Waals surface area contributed by atoms with Gasteiger partial charge in [0, 0.05) is 17.6 Å². The van der Waals surface area contributed by atoms with Gasteiger partial charge in [-0.1, -0.05) is 28.1 Å². The Morgan fingerprint density at radius 1 is 1.43 bits per heavy atom. The summed E-state index contributed by atoms with van der Waals surface area (Å²) in [6, 6.07) is 8.13. The lowest BCUT2D eigenvalue weighted by Gasteiger charge is -2.17. The molecular weight excluding hydrogens is 242 g/mol. The Morgan fingerprint density at radius 3 is 2.71 bits per heavy atom. The van der Waals surface area contributed by atoms with Crippen molar-refractivity contribution in [1.29, 1.82) is 0 Å². The second-order valence-corrected chi connectivity index (χ2v) is 4.96. The first kappa shape index (κ1) is 11.7. The fourth-order valence-electron chi connectivity index (χ4n) is 1.16. The van der Waals surface area contributed by atoms with Gasteiger partial charge in [-0.3, -0.25) is 0 Å². The van der Waals surface area contributed by atoms with Gasteiger partial charge in [-0.25, -0.2) is 0 Å². The van der Waals surface area contributed by atoms with Crippen LogP contribution in [0.3, 0.4) is 0 Å². The van der Waals surface area contributed by atoms with Crippen molar-refractivity contribution in [2.75, 3.05) is 6.54 Å². The lowest BCUT2D eigenvalue weighted by atomic mass is 10.1. The normalized spacial score (nSPS) is 11.7. The van der Waals surface area contributed by atoms with Crippen molar-refractivity contribution in [3.05, 3.63) is 34.3 Å². The van der Waals surface area contributed by atoms with Gasteiger partial charge >= 0.3 is 0 Å². The summed E-state index contributed by atoms with van der Waals surface area (Å²) in [6.07, 6.45) is 0. The van der Waals surface area contributed by atoms with Crippen LogP contribution in [0.2, 0.25) is 0 Å². The first-order valence-corrected chi connectivity index (χ1v) is 5.44. The van der Waals surface area contributed by atoms with E-state index in [0.29, 0.717) is 6.54 Å². The maximum Gasteiger partial charge on any atom is 0.0715 e. The molecule has 0 aliphatic rings. The number of halogens is 1. The van der Waals surface area contributed by atoms with Crippen molar-refractivity contribution < 1.29 is 5.11 Å². The van der Waals surface area contributed by atoms with E-state index in [2.05, 4.69) is 33.4 Å². The molecule has 0 aromatic heterocycles. The molecule has 0 unspecified atom stereocenters. The topological polar surface area (TPSA) is 32.3 Å². The van der Waals surface area contributed by atoms with Crippen LogP contribution in [0.4, 0.5) is 0 Å². The Labute approximate surface area is 93.5 Å². The number of hydrogen-bond acceptors (Lipinski definition) is 2. The predicted octanol–water partition coefficient (Wildman–Crippen LogP) is 2.31. The molecule has 3 heteroatoms. The highest BCUT2D eigenvalue weighted by Gasteiger charge is 2.10. The molecule has 1 aromatic carbocycles. The average Bonchev–Trinajstić information content (AvgIpc) is 2.01. The van der Waals surface area contributed by atoms with Crippen LogP contribution >= 0.6 is 15.9 Å². The zero-order valence-corrected chi connectivity index (χ0v) is 10.1. The SMILES string of the molecule is CC(C)(O)CNCc1cccc(Br)c1. The fraction of sp³-hybridized carbons (Fsp3) is 0.455. The zero-order chi connectivity index (χ0) is 10.6. The third kappa shape index (κ3) is 4.74. The van der Waals surface area contributed by atoms with Crippen molar-refractivity contribution in [3.63, 3.8) is 0 Å². The molecule has 0 fully saturated rings. The molecule has 0 atom stereocenters. The molecule has 0 amide bonds. The molecule has 0 spiro atoms. The van der Waals surface area contributed by atoms with Crippen LogP contribution in [0.15, 0.2) is 28.7 Å². The van der Waals surface area contributed by atoms with Crippen molar-refractivity contribution >= 4 is 15.9 Å². The second-order valence-electron chi connectivity index (χ2n) is 4.05. The lowest BCUT2D eigenvalue weighted by Crippen LogP contribution is -2.34. The lowest BCUT2D eigenvalue weighted by molar-refractivity contribution is 0.0795. The smallest absolute Gasteiger partial charge is 0.0715 e. The molecule has 14 heavy (non-hydrogen) atoms. The van der Waals surface area contributed by atoms with E-state index in [9.17, 15) is 5.11 Å². The van der Waals surface area contributed by atoms with E-state index in [4.69, 9.17) is 0 Å². The van der Waals surface area contributed by atoms with Gasteiger partial charge < -0.3 is 10.4 Å². The molecule has 0 saturated carbocycles. The predicted molar refractivity (Wildman–Crippen MR) is 62.1 cm³/mol. The van der Waals surface area contributed by atoms with Crippen molar-refractivity contribution in [2.45, 2.75) is 26.0 Å². The molecule has 0 heterocycles. The summed E-state index contributed by atoms with van der Waals surface area (Å²) >= 11 is 3.42. The number of rotatable bonds is 4. The van der Waals surface area contributed by atoms with Crippen LogP contribution < -0.4 is 5.32 Å². The second kappa shape index (κ2) is 4.91. The Bertz CT molecular complexity index is 294. The van der Waals surface area contributed by atoms with E-state index >= 15 is 0 Å². The Hall–Kier alpha value is -0.380. The Kier molecular flexibility index (Phi) is 4.11. The van der Waals surface area contributed by atoms with E-state index in [0.717, 1.165) is 11.0 Å². The maximum atomic E-state index is 9.48. The fourth-order valence-corrected chi connectivity index (χ4v) is 1.61. The molecule has 0 aliphatic heterocycles. The molecule has 0 saturated heterocycles. The molecule has 2 nitrogen and oxygen atoms in total. The van der Waals surface area contributed by atoms with Gasteiger partial charge in [-0.15, -0.1) is 0 Å². The van der Waals surface area contributed by atoms with Crippen LogP contribution in [0.5, 0.6) is 0 Å². The summed E-state index contributed by atoms with van der Waals surface area (Å²) < 4.78 is 1.08. The van der Waals surface area contributed by atoms with Crippen molar-refractivity contribution in [3.8, 4) is 0 Å². The molecule has 0 aliphatic carbocycles. The largest absolute Gasteiger partial charge is 0.389 e. The van der Waals surface area contributed by atoms with Gasteiger partial charge in [0.25, 0.3) is 0 Å². The molecule has 78 valence electrons. The van der Waals surface area contributed by atoms with Crippen LogP contribution in [0.25, 0.3) is 0 Å². The minimum atomic E-state index is -0.647. The maximum absolute atomic E-state index is 9.48. The summed E-state index contributed by atoms with van der Waals surface area (Å²) in [5.74, 6) is 0. The van der Waals surface area contributed by atoms with E-state index in [1.807, 2.05) is 12.1 Å². The molecule has 2 N–H and O–H groups in total. The van der Waals surface area contributed by atoms with E-state index in [-0.39, 0.29) is 0 Å². The number of hydrogen-bond donors (Lipinski definition) is 2. The highest BCUT2D eigenvalue weighted by atomic mass is 79.9. The first-order valence-electron chi connectivity index (χ1n) is 4.65. The summed E-state index contributed by atoms with van der Waals surface area (Å²) in [5, 5.41) is 12.7. The first-order chi connectivity index (χ1) is 6.47.